The first-order valence-corrected chi connectivity index (χ1v) is 14.8. The number of aliphatic hydroxyl groups is 1. The average molecular weight is 587 g/mol. The maximum absolute atomic E-state index is 13.6. The van der Waals surface area contributed by atoms with Crippen LogP contribution >= 0.6 is 15.9 Å². The molecule has 0 aromatic heterocycles. The fourth-order valence-corrected chi connectivity index (χ4v) is 7.20. The number of nitrogens with one attached hydrogen (secondary N) is 1. The third kappa shape index (κ3) is 5.16. The van der Waals surface area contributed by atoms with Crippen LogP contribution in [0.15, 0.2) is 34.4 Å². The van der Waals surface area contributed by atoms with E-state index in [4.69, 9.17) is 4.74 Å². The maximum Gasteiger partial charge on any atom is 0.268 e. The molecule has 3 heterocycles. The Morgan fingerprint density at radius 3 is 2.53 bits per heavy atom. The van der Waals surface area contributed by atoms with Crippen molar-refractivity contribution in [3.63, 3.8) is 0 Å². The minimum atomic E-state index is -3.73. The van der Waals surface area contributed by atoms with Crippen molar-refractivity contribution in [2.75, 3.05) is 66.1 Å². The number of aliphatic hydroxyl groups excluding tert-OH is 1. The van der Waals surface area contributed by atoms with Gasteiger partial charge in [0.05, 0.1) is 24.2 Å². The molecule has 1 aromatic rings. The molecule has 0 spiro atoms. The van der Waals surface area contributed by atoms with Crippen molar-refractivity contribution in [1.29, 1.82) is 0 Å². The summed E-state index contributed by atoms with van der Waals surface area (Å²) in [7, 11) is -1.85. The van der Waals surface area contributed by atoms with E-state index in [1.807, 2.05) is 18.9 Å². The Balaban J connectivity index is 1.69. The Labute approximate surface area is 222 Å². The molecule has 2 N–H and O–H groups in total. The predicted octanol–water partition coefficient (Wildman–Crippen LogP) is 1.14. The molecule has 3 aliphatic rings. The molecule has 2 unspecified atom stereocenters. The van der Waals surface area contributed by atoms with Crippen molar-refractivity contribution in [3.8, 4) is 5.75 Å². The number of alkyl halides is 1. The van der Waals surface area contributed by atoms with Gasteiger partial charge in [0.25, 0.3) is 5.91 Å². The number of hydrogen-bond acceptors (Lipinski definition) is 8. The molecule has 1 fully saturated rings. The standard InChI is InChI=1S/C24H36BrN5O5S/c1-4-8-29-16-19-21(26-23(32)22(19)27(3)24(29)25)18-15-17(6-7-20(18)35-5-2)36(33,34)30-11-9-28(10-12-30)13-14-31/h6-7,15,21,24,31H,4-5,8-14,16H2,1-3H3,(H,26,32). The van der Waals surface area contributed by atoms with Crippen molar-refractivity contribution in [3.05, 3.63) is 35.0 Å². The summed E-state index contributed by atoms with van der Waals surface area (Å²) in [5.41, 5.74) is 2.18. The van der Waals surface area contributed by atoms with Crippen LogP contribution in [-0.2, 0) is 14.8 Å². The lowest BCUT2D eigenvalue weighted by molar-refractivity contribution is -0.118. The number of β-amino-alcohol motifs (C(OH)–C–C–N with tert-alkyl or cyclic N) is 1. The number of carbonyl (C=O) groups is 1. The number of hydrogen-bond donors (Lipinski definition) is 2. The second-order valence-corrected chi connectivity index (χ2v) is 12.0. The minimum absolute atomic E-state index is 0.0562. The van der Waals surface area contributed by atoms with Gasteiger partial charge in [-0.15, -0.1) is 0 Å². The van der Waals surface area contributed by atoms with E-state index in [2.05, 4.69) is 38.0 Å². The molecule has 0 aliphatic carbocycles. The van der Waals surface area contributed by atoms with E-state index >= 15 is 0 Å². The van der Waals surface area contributed by atoms with Crippen LogP contribution in [0.5, 0.6) is 5.75 Å². The van der Waals surface area contributed by atoms with Crippen LogP contribution in [0.25, 0.3) is 0 Å². The van der Waals surface area contributed by atoms with Crippen molar-refractivity contribution >= 4 is 31.9 Å². The van der Waals surface area contributed by atoms with Gasteiger partial charge in [0.15, 0.2) is 0 Å². The summed E-state index contributed by atoms with van der Waals surface area (Å²) in [6, 6.07) is 4.46. The van der Waals surface area contributed by atoms with E-state index in [1.54, 1.807) is 18.2 Å². The lowest BCUT2D eigenvalue weighted by Crippen LogP contribution is -2.49. The molecule has 0 radical (unpaired) electrons. The van der Waals surface area contributed by atoms with Crippen molar-refractivity contribution in [1.82, 2.24) is 24.3 Å². The van der Waals surface area contributed by atoms with Crippen molar-refractivity contribution < 1.29 is 23.1 Å². The van der Waals surface area contributed by atoms with Gasteiger partial charge in [0.2, 0.25) is 10.0 Å². The van der Waals surface area contributed by atoms with E-state index in [1.165, 1.54) is 4.31 Å². The highest BCUT2D eigenvalue weighted by Gasteiger charge is 2.43. The number of rotatable bonds is 9. The van der Waals surface area contributed by atoms with Crippen LogP contribution in [0.1, 0.15) is 31.9 Å². The monoisotopic (exact) mass is 585 g/mol. The molecule has 1 amide bonds. The average Bonchev–Trinajstić information content (AvgIpc) is 3.19. The van der Waals surface area contributed by atoms with Crippen LogP contribution in [0.2, 0.25) is 0 Å². The predicted molar refractivity (Wildman–Crippen MR) is 140 cm³/mol. The number of carbonyl (C=O) groups excluding carboxylic acids is 1. The summed E-state index contributed by atoms with van der Waals surface area (Å²) in [6.07, 6.45) is 0.966. The van der Waals surface area contributed by atoms with Crippen molar-refractivity contribution in [2.45, 2.75) is 36.3 Å². The molecule has 1 aromatic carbocycles. The van der Waals surface area contributed by atoms with Gasteiger partial charge in [-0.2, -0.15) is 4.31 Å². The fraction of sp³-hybridized carbons (Fsp3) is 0.625. The third-order valence-electron chi connectivity index (χ3n) is 6.98. The number of benzene rings is 1. The van der Waals surface area contributed by atoms with E-state index in [-0.39, 0.29) is 22.5 Å². The Morgan fingerprint density at radius 1 is 1.17 bits per heavy atom. The number of amides is 1. The van der Waals surface area contributed by atoms with Crippen LogP contribution in [0.3, 0.4) is 0 Å². The molecule has 1 saturated heterocycles. The summed E-state index contributed by atoms with van der Waals surface area (Å²) in [5, 5.41) is 12.2. The maximum atomic E-state index is 13.6. The molecule has 36 heavy (non-hydrogen) atoms. The fourth-order valence-electron chi connectivity index (χ4n) is 5.19. The number of ether oxygens (including phenoxy) is 1. The van der Waals surface area contributed by atoms with Crippen LogP contribution in [0.4, 0.5) is 0 Å². The smallest absolute Gasteiger partial charge is 0.268 e. The Hall–Kier alpha value is -1.70. The van der Waals surface area contributed by atoms with Gasteiger partial charge >= 0.3 is 0 Å². The second-order valence-electron chi connectivity index (χ2n) is 9.27. The van der Waals surface area contributed by atoms with Crippen LogP contribution in [-0.4, -0.2) is 110 Å². The van der Waals surface area contributed by atoms with Gasteiger partial charge in [-0.1, -0.05) is 6.92 Å². The molecule has 0 bridgehead atoms. The molecular formula is C24H36BrN5O5S. The van der Waals surface area contributed by atoms with E-state index in [9.17, 15) is 18.3 Å². The zero-order chi connectivity index (χ0) is 26.0. The highest BCUT2D eigenvalue weighted by Crippen LogP contribution is 2.41. The quantitative estimate of drug-likeness (QED) is 0.328. The van der Waals surface area contributed by atoms with Gasteiger partial charge in [-0.05, 0) is 53.0 Å². The Kier molecular flexibility index (Phi) is 8.63. The third-order valence-corrected chi connectivity index (χ3v) is 10.1. The number of sulfonamides is 1. The topological polar surface area (TPSA) is 106 Å². The highest BCUT2D eigenvalue weighted by atomic mass is 79.9. The molecule has 3 aliphatic heterocycles. The van der Waals surface area contributed by atoms with Gasteiger partial charge < -0.3 is 20.1 Å². The Morgan fingerprint density at radius 2 is 1.89 bits per heavy atom. The van der Waals surface area contributed by atoms with Crippen LogP contribution < -0.4 is 10.1 Å². The lowest BCUT2D eigenvalue weighted by Gasteiger charge is -2.40. The van der Waals surface area contributed by atoms with E-state index in [0.717, 1.165) is 18.5 Å². The van der Waals surface area contributed by atoms with Crippen LogP contribution in [0, 0.1) is 0 Å². The van der Waals surface area contributed by atoms with E-state index < -0.39 is 16.1 Å². The molecule has 12 heteroatoms. The van der Waals surface area contributed by atoms with Crippen molar-refractivity contribution in [2.24, 2.45) is 0 Å². The Bertz CT molecular complexity index is 1110. The zero-order valence-corrected chi connectivity index (χ0v) is 23.5. The summed E-state index contributed by atoms with van der Waals surface area (Å²) >= 11 is 3.71. The number of piperazine rings is 1. The number of halogens is 1. The molecule has 0 saturated carbocycles. The minimum Gasteiger partial charge on any atom is -0.494 e. The van der Waals surface area contributed by atoms with Gasteiger partial charge in [-0.3, -0.25) is 14.6 Å². The second kappa shape index (κ2) is 11.4. The normalized spacial score (nSPS) is 24.2. The molecule has 10 nitrogen and oxygen atoms in total. The first-order valence-electron chi connectivity index (χ1n) is 12.5. The first kappa shape index (κ1) is 27.3. The summed E-state index contributed by atoms with van der Waals surface area (Å²) in [5.74, 6) is 0.391. The lowest BCUT2D eigenvalue weighted by atomic mass is 9.97. The van der Waals surface area contributed by atoms with E-state index in [0.29, 0.717) is 62.9 Å². The molecule has 200 valence electrons. The summed E-state index contributed by atoms with van der Waals surface area (Å²) < 4.78 is 34.5. The largest absolute Gasteiger partial charge is 0.494 e. The summed E-state index contributed by atoms with van der Waals surface area (Å²) in [6.45, 7) is 8.33. The molecule has 4 rings (SSSR count). The SMILES string of the molecule is CCCN1CC2=C(C(=O)NC2c2cc(S(=O)(=O)N3CCN(CCO)CC3)ccc2OCC)N(C)C1Br. The van der Waals surface area contributed by atoms with Gasteiger partial charge in [0.1, 0.15) is 16.5 Å². The first-order chi connectivity index (χ1) is 17.2. The number of likely N-dealkylation sites (N-methyl/N-ethyl adjacent to an activating group) is 1. The zero-order valence-electron chi connectivity index (χ0n) is 21.1. The highest BCUT2D eigenvalue weighted by molar-refractivity contribution is 9.09. The van der Waals surface area contributed by atoms with Gasteiger partial charge in [0, 0.05) is 58.4 Å². The summed E-state index contributed by atoms with van der Waals surface area (Å²) in [4.78, 5) is 19.5. The van der Waals surface area contributed by atoms with Gasteiger partial charge in [-0.25, -0.2) is 8.42 Å². The molecule has 2 atom stereocenters. The number of nitrogens with zero attached hydrogens (tertiary/aromatic N) is 4. The molecular weight excluding hydrogens is 550 g/mol.